The van der Waals surface area contributed by atoms with E-state index in [0.717, 1.165) is 48.0 Å². The van der Waals surface area contributed by atoms with Crippen LogP contribution in [0.25, 0.3) is 21.8 Å². The van der Waals surface area contributed by atoms with E-state index in [1.807, 2.05) is 125 Å². The molecule has 6 aromatic carbocycles. The monoisotopic (exact) mass is 1020 g/mol. The lowest BCUT2D eigenvalue weighted by molar-refractivity contribution is 0.101. The molecule has 0 bridgehead atoms. The normalized spacial score (nSPS) is 11.7. The zero-order valence-corrected chi connectivity index (χ0v) is 39.2. The van der Waals surface area contributed by atoms with Gasteiger partial charge in [0, 0.05) is 19.1 Å². The molecule has 0 aliphatic rings. The first-order valence-corrected chi connectivity index (χ1v) is 23.0. The topological polar surface area (TPSA) is 119 Å². The van der Waals surface area contributed by atoms with Crippen molar-refractivity contribution in [2.24, 2.45) is 0 Å². The molecule has 0 radical (unpaired) electrons. The minimum atomic E-state index is -0.923. The molecular weight excluding hydrogens is 978 g/mol. The van der Waals surface area contributed by atoms with Gasteiger partial charge in [0.05, 0.1) is 46.4 Å². The van der Waals surface area contributed by atoms with Crippen LogP contribution >= 0.6 is 45.8 Å². The summed E-state index contributed by atoms with van der Waals surface area (Å²) in [5.41, 5.74) is 6.92. The summed E-state index contributed by atoms with van der Waals surface area (Å²) in [6, 6.07) is 64.7. The van der Waals surface area contributed by atoms with Crippen LogP contribution < -0.4 is 0 Å². The fourth-order valence-electron chi connectivity index (χ4n) is 9.11. The maximum absolute atomic E-state index is 12.7. The van der Waals surface area contributed by atoms with E-state index in [0.29, 0.717) is 27.4 Å². The molecule has 10 rings (SSSR count). The highest BCUT2D eigenvalue weighted by Crippen LogP contribution is 2.45. The Kier molecular flexibility index (Phi) is 12.9. The number of Topliss-reactive ketones (excluding diaryl/α,β-unsaturated/α-hetero) is 1. The van der Waals surface area contributed by atoms with Crippen LogP contribution in [0, 0.1) is 3.70 Å². The number of aliphatic hydroxyl groups is 2. The van der Waals surface area contributed by atoms with Gasteiger partial charge in [0.25, 0.3) is 0 Å². The number of fused-ring (bicyclic) bond motifs is 2. The van der Waals surface area contributed by atoms with E-state index < -0.39 is 11.1 Å². The van der Waals surface area contributed by atoms with Gasteiger partial charge in [0.15, 0.2) is 5.78 Å². The van der Waals surface area contributed by atoms with Crippen molar-refractivity contribution in [3.05, 3.63) is 259 Å². The molecule has 0 unspecified atom stereocenters. The molecule has 0 saturated carbocycles. The predicted octanol–water partition coefficient (Wildman–Crippen LogP) is 11.6. The summed E-state index contributed by atoms with van der Waals surface area (Å²) in [6.45, 7) is 0.892. The number of hydrogen-bond acceptors (Lipinski definition) is 7. The van der Waals surface area contributed by atoms with Crippen molar-refractivity contribution < 1.29 is 15.0 Å². The van der Waals surface area contributed by atoms with E-state index in [1.165, 1.54) is 6.92 Å². The molecule has 0 aliphatic carbocycles. The van der Waals surface area contributed by atoms with Crippen LogP contribution in [0.4, 0.5) is 0 Å². The molecule has 4 aromatic heterocycles. The molecule has 326 valence electrons. The minimum Gasteiger partial charge on any atom is -0.390 e. The van der Waals surface area contributed by atoms with Gasteiger partial charge in [-0.25, -0.2) is 19.3 Å². The second-order valence-electron chi connectivity index (χ2n) is 15.5. The molecule has 0 amide bonds. The number of benzene rings is 6. The lowest BCUT2D eigenvalue weighted by Gasteiger charge is -2.37. The Morgan fingerprint density at radius 2 is 0.788 bits per heavy atom. The Labute approximate surface area is 405 Å². The number of pyridine rings is 2. The zero-order chi connectivity index (χ0) is 45.8. The molecule has 2 N–H and O–H groups in total. The highest BCUT2D eigenvalue weighted by molar-refractivity contribution is 14.1. The summed E-state index contributed by atoms with van der Waals surface area (Å²) < 4.78 is 4.64. The van der Waals surface area contributed by atoms with Gasteiger partial charge < -0.3 is 10.2 Å². The second kappa shape index (κ2) is 19.1. The first-order chi connectivity index (χ1) is 32.2. The molecule has 9 nitrogen and oxygen atoms in total. The second-order valence-corrected chi connectivity index (χ2v) is 17.3. The number of carbonyl (C=O) groups excluding carboxylic acids is 1. The molecule has 0 fully saturated rings. The van der Waals surface area contributed by atoms with Gasteiger partial charge in [-0.15, -0.1) is 0 Å². The predicted molar refractivity (Wildman–Crippen MR) is 269 cm³/mol. The number of aliphatic hydroxyl groups excluding tert-OH is 2. The van der Waals surface area contributed by atoms with Gasteiger partial charge in [-0.2, -0.15) is 10.2 Å². The third-order valence-corrected chi connectivity index (χ3v) is 12.9. The Hall–Kier alpha value is -6.54. The van der Waals surface area contributed by atoms with Crippen molar-refractivity contribution in [3.8, 4) is 0 Å². The lowest BCUT2D eigenvalue weighted by Crippen LogP contribution is -2.38. The highest BCUT2D eigenvalue weighted by atomic mass is 127. The van der Waals surface area contributed by atoms with Crippen molar-refractivity contribution in [3.63, 3.8) is 0 Å². The molecule has 10 aromatic rings. The number of ketones is 1. The van der Waals surface area contributed by atoms with E-state index in [4.69, 9.17) is 33.4 Å². The van der Waals surface area contributed by atoms with Crippen LogP contribution in [-0.4, -0.2) is 45.5 Å². The van der Waals surface area contributed by atoms with E-state index in [2.05, 4.69) is 105 Å². The van der Waals surface area contributed by atoms with E-state index in [1.54, 1.807) is 6.07 Å². The first kappa shape index (κ1) is 44.7. The zero-order valence-electron chi connectivity index (χ0n) is 35.5. The summed E-state index contributed by atoms with van der Waals surface area (Å²) in [6.07, 6.45) is 0. The maximum atomic E-state index is 12.7. The summed E-state index contributed by atoms with van der Waals surface area (Å²) in [5, 5.41) is 31.8. The third kappa shape index (κ3) is 7.78. The average Bonchev–Trinajstić information content (AvgIpc) is 3.91. The van der Waals surface area contributed by atoms with Crippen molar-refractivity contribution in [2.45, 2.75) is 31.2 Å². The average molecular weight is 1020 g/mol. The van der Waals surface area contributed by atoms with Gasteiger partial charge in [0.2, 0.25) is 0 Å². The van der Waals surface area contributed by atoms with Crippen molar-refractivity contribution >= 4 is 73.4 Å². The summed E-state index contributed by atoms with van der Waals surface area (Å²) >= 11 is 15.0. The van der Waals surface area contributed by atoms with E-state index >= 15 is 0 Å². The van der Waals surface area contributed by atoms with Crippen molar-refractivity contribution in [2.75, 3.05) is 0 Å². The van der Waals surface area contributed by atoms with Crippen LogP contribution in [0.3, 0.4) is 0 Å². The molecular formula is C54H41Cl2IN6O3. The third-order valence-electron chi connectivity index (χ3n) is 11.8. The minimum absolute atomic E-state index is 0.215. The Balaban J connectivity index is 0.000000166. The SMILES string of the molecule is CC(=O)c1nn(C(c2ccccc2)(c2ccccc2)c2ccccc2)c2cc(Cl)nc(CO)c12.OCc1nc(Cl)cc2c1c(I)nn2C(c1ccccc1)(c1ccccc1)c1ccccc1. The fourth-order valence-corrected chi connectivity index (χ4v) is 10.3. The number of carbonyl (C=O) groups is 1. The standard InChI is InChI=1S/C28H22ClN3O2.C26H19ClIN3O/c1-19(34)27-26-23(18-33)30-25(29)17-24(26)32(31-27)28(20-11-5-2-6-12-20,21-13-7-3-8-14-21)22-15-9-4-10-16-22;27-23-16-22-24(21(17-32)29-23)25(28)30-31(22)26(18-10-4-1-5-11-18,19-12-6-2-7-13-19)20-14-8-3-9-15-20/h2-17,33H,18H2,1H3;1-16,32H,17H2. The number of nitrogens with zero attached hydrogens (tertiary/aromatic N) is 6. The summed E-state index contributed by atoms with van der Waals surface area (Å²) in [5.74, 6) is -0.217. The number of rotatable bonds is 11. The quantitative estimate of drug-likeness (QED) is 0.0573. The van der Waals surface area contributed by atoms with Crippen LogP contribution in [0.5, 0.6) is 0 Å². The largest absolute Gasteiger partial charge is 0.390 e. The number of hydrogen-bond donors (Lipinski definition) is 2. The number of aromatic nitrogens is 6. The molecule has 0 atom stereocenters. The lowest BCUT2D eigenvalue weighted by atomic mass is 9.77. The Morgan fingerprint density at radius 3 is 1.09 bits per heavy atom. The molecule has 12 heteroatoms. The van der Waals surface area contributed by atoms with Gasteiger partial charge in [-0.1, -0.05) is 205 Å². The Bertz CT molecular complexity index is 3090. The smallest absolute Gasteiger partial charge is 0.180 e. The number of halogens is 3. The summed E-state index contributed by atoms with van der Waals surface area (Å²) in [7, 11) is 0. The van der Waals surface area contributed by atoms with Crippen LogP contribution in [-0.2, 0) is 24.3 Å². The van der Waals surface area contributed by atoms with Crippen LogP contribution in [0.2, 0.25) is 10.3 Å². The van der Waals surface area contributed by atoms with E-state index in [9.17, 15) is 15.0 Å². The summed E-state index contributed by atoms with van der Waals surface area (Å²) in [4.78, 5) is 21.4. The molecule has 66 heavy (non-hydrogen) atoms. The first-order valence-electron chi connectivity index (χ1n) is 21.1. The molecule has 4 heterocycles. The van der Waals surface area contributed by atoms with Crippen molar-refractivity contribution in [1.82, 2.24) is 29.5 Å². The van der Waals surface area contributed by atoms with E-state index in [-0.39, 0.29) is 29.8 Å². The van der Waals surface area contributed by atoms with Gasteiger partial charge in [-0.05, 0) is 56.0 Å². The fraction of sp³-hybridized carbons (Fsp3) is 0.0926. The molecule has 0 saturated heterocycles. The Morgan fingerprint density at radius 1 is 0.500 bits per heavy atom. The van der Waals surface area contributed by atoms with Crippen LogP contribution in [0.1, 0.15) is 62.2 Å². The molecule has 0 spiro atoms. The van der Waals surface area contributed by atoms with Gasteiger partial charge in [0.1, 0.15) is 30.8 Å². The highest BCUT2D eigenvalue weighted by Gasteiger charge is 2.43. The maximum Gasteiger partial charge on any atom is 0.180 e. The van der Waals surface area contributed by atoms with Gasteiger partial charge >= 0.3 is 0 Å². The van der Waals surface area contributed by atoms with Gasteiger partial charge in [-0.3, -0.25) is 4.79 Å². The van der Waals surface area contributed by atoms with Crippen LogP contribution in [0.15, 0.2) is 194 Å². The molecule has 0 aliphatic heterocycles. The van der Waals surface area contributed by atoms with Crippen molar-refractivity contribution in [1.29, 1.82) is 0 Å².